The van der Waals surface area contributed by atoms with Crippen molar-refractivity contribution in [2.24, 2.45) is 0 Å². The summed E-state index contributed by atoms with van der Waals surface area (Å²) >= 11 is 0. The Bertz CT molecular complexity index is 571. The number of aliphatic carboxylic acids is 1. The molecule has 0 aromatic heterocycles. The van der Waals surface area contributed by atoms with Crippen molar-refractivity contribution in [1.82, 2.24) is 5.32 Å². The molecule has 0 aliphatic carbocycles. The molecule has 8 nitrogen and oxygen atoms in total. The molecule has 0 fully saturated rings. The number of carbonyl (C=O) groups excluding carboxylic acids is 1. The molecular formula is C13H17N3O5. The molecule has 0 radical (unpaired) electrons. The maximum Gasteiger partial charge on any atom is 0.325 e. The van der Waals surface area contributed by atoms with Crippen LogP contribution in [0.25, 0.3) is 0 Å². The van der Waals surface area contributed by atoms with Crippen LogP contribution in [0.1, 0.15) is 31.1 Å². The predicted molar refractivity (Wildman–Crippen MR) is 76.4 cm³/mol. The minimum atomic E-state index is -1.13. The Labute approximate surface area is 121 Å². The molecule has 0 aliphatic heterocycles. The second kappa shape index (κ2) is 6.69. The lowest BCUT2D eigenvalue weighted by atomic mass is 10.1. The van der Waals surface area contributed by atoms with Crippen LogP contribution in [0.5, 0.6) is 0 Å². The monoisotopic (exact) mass is 295 g/mol. The third-order valence-electron chi connectivity index (χ3n) is 2.62. The fourth-order valence-corrected chi connectivity index (χ4v) is 1.59. The van der Waals surface area contributed by atoms with Gasteiger partial charge in [-0.05, 0) is 32.9 Å². The summed E-state index contributed by atoms with van der Waals surface area (Å²) in [5.74, 6) is -1.56. The van der Waals surface area contributed by atoms with Crippen molar-refractivity contribution in [2.75, 3.05) is 5.32 Å². The van der Waals surface area contributed by atoms with Crippen LogP contribution in [-0.4, -0.2) is 34.0 Å². The summed E-state index contributed by atoms with van der Waals surface area (Å²) in [6, 6.07) is 2.77. The number of carboxylic acids is 1. The highest BCUT2D eigenvalue weighted by Crippen LogP contribution is 2.26. The number of nitro groups is 1. The van der Waals surface area contributed by atoms with Crippen LogP contribution in [0.4, 0.5) is 11.4 Å². The van der Waals surface area contributed by atoms with Gasteiger partial charge in [0.05, 0.1) is 4.92 Å². The standard InChI is InChI=1S/C13H17N3O5/c1-7(2)14-12(17)9-4-5-10(11(6-9)16(20)21)15-8(3)13(18)19/h4-8,15H,1-3H3,(H,14,17)(H,18,19)/t8-/m1/s1. The van der Waals surface area contributed by atoms with E-state index in [2.05, 4.69) is 10.6 Å². The number of amides is 1. The van der Waals surface area contributed by atoms with Crippen LogP contribution < -0.4 is 10.6 Å². The van der Waals surface area contributed by atoms with Crippen molar-refractivity contribution in [3.63, 3.8) is 0 Å². The highest BCUT2D eigenvalue weighted by atomic mass is 16.6. The maximum atomic E-state index is 11.8. The molecule has 1 rings (SSSR count). The van der Waals surface area contributed by atoms with Gasteiger partial charge in [-0.1, -0.05) is 0 Å². The van der Waals surface area contributed by atoms with Crippen molar-refractivity contribution < 1.29 is 19.6 Å². The molecular weight excluding hydrogens is 278 g/mol. The van der Waals surface area contributed by atoms with Gasteiger partial charge in [-0.3, -0.25) is 19.7 Å². The van der Waals surface area contributed by atoms with Gasteiger partial charge in [0.15, 0.2) is 0 Å². The lowest BCUT2D eigenvalue weighted by Gasteiger charge is -2.12. The lowest BCUT2D eigenvalue weighted by Crippen LogP contribution is -2.30. The predicted octanol–water partition coefficient (Wildman–Crippen LogP) is 1.62. The number of benzene rings is 1. The van der Waals surface area contributed by atoms with E-state index in [0.29, 0.717) is 0 Å². The van der Waals surface area contributed by atoms with Gasteiger partial charge in [0, 0.05) is 17.7 Å². The molecule has 1 aromatic rings. The Kier molecular flexibility index (Phi) is 5.23. The van der Waals surface area contributed by atoms with Gasteiger partial charge in [-0.2, -0.15) is 0 Å². The molecule has 1 amide bonds. The molecule has 0 unspecified atom stereocenters. The first-order valence-electron chi connectivity index (χ1n) is 6.31. The number of hydrogen-bond donors (Lipinski definition) is 3. The molecule has 0 saturated carbocycles. The highest BCUT2D eigenvalue weighted by Gasteiger charge is 2.21. The molecule has 114 valence electrons. The summed E-state index contributed by atoms with van der Waals surface area (Å²) in [5.41, 5.74) is -0.153. The van der Waals surface area contributed by atoms with Crippen molar-refractivity contribution in [3.8, 4) is 0 Å². The van der Waals surface area contributed by atoms with Crippen LogP contribution in [0.15, 0.2) is 18.2 Å². The SMILES string of the molecule is CC(C)NC(=O)c1ccc(N[C@H](C)C(=O)O)c([N+](=O)[O-])c1. The minimum absolute atomic E-state index is 0.0518. The summed E-state index contributed by atoms with van der Waals surface area (Å²) in [5, 5.41) is 25.0. The number of anilines is 1. The summed E-state index contributed by atoms with van der Waals surface area (Å²) in [6.45, 7) is 4.92. The lowest BCUT2D eigenvalue weighted by molar-refractivity contribution is -0.384. The van der Waals surface area contributed by atoms with Crippen molar-refractivity contribution in [3.05, 3.63) is 33.9 Å². The fourth-order valence-electron chi connectivity index (χ4n) is 1.59. The summed E-state index contributed by atoms with van der Waals surface area (Å²) in [7, 11) is 0. The largest absolute Gasteiger partial charge is 0.480 e. The highest BCUT2D eigenvalue weighted by molar-refractivity contribution is 5.96. The summed E-state index contributed by atoms with van der Waals surface area (Å²) in [6.07, 6.45) is 0. The molecule has 0 spiro atoms. The summed E-state index contributed by atoms with van der Waals surface area (Å²) < 4.78 is 0. The zero-order chi connectivity index (χ0) is 16.2. The third kappa shape index (κ3) is 4.44. The van der Waals surface area contributed by atoms with Gasteiger partial charge < -0.3 is 15.7 Å². The number of rotatable bonds is 6. The van der Waals surface area contributed by atoms with Crippen molar-refractivity contribution in [1.29, 1.82) is 0 Å². The van der Waals surface area contributed by atoms with Gasteiger partial charge in [-0.15, -0.1) is 0 Å². The van der Waals surface area contributed by atoms with Gasteiger partial charge in [0.1, 0.15) is 11.7 Å². The van der Waals surface area contributed by atoms with Gasteiger partial charge >= 0.3 is 5.97 Å². The van der Waals surface area contributed by atoms with E-state index in [4.69, 9.17) is 5.11 Å². The Morgan fingerprint density at radius 2 is 1.90 bits per heavy atom. The van der Waals surface area contributed by atoms with E-state index in [-0.39, 0.29) is 23.0 Å². The molecule has 1 aromatic carbocycles. The molecule has 0 saturated heterocycles. The minimum Gasteiger partial charge on any atom is -0.480 e. The zero-order valence-corrected chi connectivity index (χ0v) is 11.9. The Hall–Kier alpha value is -2.64. The Balaban J connectivity index is 3.10. The zero-order valence-electron chi connectivity index (χ0n) is 11.9. The molecule has 0 heterocycles. The number of nitrogens with one attached hydrogen (secondary N) is 2. The van der Waals surface area contributed by atoms with E-state index >= 15 is 0 Å². The van der Waals surface area contributed by atoms with Crippen LogP contribution in [0.2, 0.25) is 0 Å². The van der Waals surface area contributed by atoms with Gasteiger partial charge in [-0.25, -0.2) is 0 Å². The fraction of sp³-hybridized carbons (Fsp3) is 0.385. The second-order valence-electron chi connectivity index (χ2n) is 4.82. The quantitative estimate of drug-likeness (QED) is 0.541. The maximum absolute atomic E-state index is 11.8. The third-order valence-corrected chi connectivity index (χ3v) is 2.62. The van der Waals surface area contributed by atoms with E-state index < -0.39 is 22.8 Å². The average molecular weight is 295 g/mol. The van der Waals surface area contributed by atoms with E-state index in [9.17, 15) is 19.7 Å². The van der Waals surface area contributed by atoms with Crippen molar-refractivity contribution >= 4 is 23.3 Å². The van der Waals surface area contributed by atoms with E-state index in [0.717, 1.165) is 6.07 Å². The van der Waals surface area contributed by atoms with Gasteiger partial charge in [0.2, 0.25) is 0 Å². The Morgan fingerprint density at radius 1 is 1.29 bits per heavy atom. The Morgan fingerprint density at radius 3 is 2.38 bits per heavy atom. The molecule has 8 heteroatoms. The first kappa shape index (κ1) is 16.4. The number of hydrogen-bond acceptors (Lipinski definition) is 5. The van der Waals surface area contributed by atoms with Crippen LogP contribution in [0, 0.1) is 10.1 Å². The topological polar surface area (TPSA) is 122 Å². The summed E-state index contributed by atoms with van der Waals surface area (Å²) in [4.78, 5) is 33.0. The normalized spacial score (nSPS) is 11.8. The second-order valence-corrected chi connectivity index (χ2v) is 4.82. The number of nitro benzene ring substituents is 1. The molecule has 0 aliphatic rings. The van der Waals surface area contributed by atoms with E-state index in [1.54, 1.807) is 13.8 Å². The van der Waals surface area contributed by atoms with Crippen LogP contribution in [0.3, 0.4) is 0 Å². The average Bonchev–Trinajstić information content (AvgIpc) is 2.37. The smallest absolute Gasteiger partial charge is 0.325 e. The molecule has 21 heavy (non-hydrogen) atoms. The van der Waals surface area contributed by atoms with Crippen LogP contribution in [-0.2, 0) is 4.79 Å². The van der Waals surface area contributed by atoms with E-state index in [1.165, 1.54) is 19.1 Å². The number of carbonyl (C=O) groups is 2. The van der Waals surface area contributed by atoms with Crippen LogP contribution >= 0.6 is 0 Å². The van der Waals surface area contributed by atoms with E-state index in [1.807, 2.05) is 0 Å². The molecule has 1 atom stereocenters. The van der Waals surface area contributed by atoms with Crippen molar-refractivity contribution in [2.45, 2.75) is 32.9 Å². The van der Waals surface area contributed by atoms with Gasteiger partial charge in [0.25, 0.3) is 11.6 Å². The number of nitrogens with zero attached hydrogens (tertiary/aromatic N) is 1. The molecule has 0 bridgehead atoms. The molecule has 3 N–H and O–H groups in total. The number of carboxylic acid groups (broad SMARTS) is 1. The first-order chi connectivity index (χ1) is 9.72. The first-order valence-corrected chi connectivity index (χ1v) is 6.31.